The van der Waals surface area contributed by atoms with Gasteiger partial charge in [0.1, 0.15) is 0 Å². The van der Waals surface area contributed by atoms with E-state index in [-0.39, 0.29) is 9.79 Å². The standard InChI is InChI=1S/C16H17F3N2O4S2/c1-11(12-3-7-14(8-4-12)26(20,22)23)21(2)27(24,25)15-9-5-13(6-10-15)16(17,18)19/h3-11H,1-2H3,(H2,20,22,23). The van der Waals surface area contributed by atoms with Gasteiger partial charge in [-0.3, -0.25) is 0 Å². The lowest BCUT2D eigenvalue weighted by Crippen LogP contribution is -2.30. The van der Waals surface area contributed by atoms with Crippen LogP contribution in [0, 0.1) is 0 Å². The van der Waals surface area contributed by atoms with Crippen molar-refractivity contribution in [2.24, 2.45) is 5.14 Å². The van der Waals surface area contributed by atoms with Crippen molar-refractivity contribution in [3.63, 3.8) is 0 Å². The lowest BCUT2D eigenvalue weighted by molar-refractivity contribution is -0.137. The molecule has 11 heteroatoms. The van der Waals surface area contributed by atoms with E-state index in [0.717, 1.165) is 16.4 Å². The molecule has 0 aliphatic rings. The minimum Gasteiger partial charge on any atom is -0.225 e. The number of primary sulfonamides is 1. The second-order valence-corrected chi connectivity index (χ2v) is 9.39. The predicted octanol–water partition coefficient (Wildman–Crippen LogP) is 2.73. The van der Waals surface area contributed by atoms with Crippen LogP contribution in [-0.4, -0.2) is 28.2 Å². The van der Waals surface area contributed by atoms with Gasteiger partial charge in [0.25, 0.3) is 0 Å². The molecule has 0 aromatic heterocycles. The molecular weight excluding hydrogens is 405 g/mol. The summed E-state index contributed by atoms with van der Waals surface area (Å²) in [4.78, 5) is -0.405. The van der Waals surface area contributed by atoms with Gasteiger partial charge < -0.3 is 0 Å². The zero-order valence-electron chi connectivity index (χ0n) is 14.3. The third-order valence-corrected chi connectivity index (χ3v) is 6.97. The summed E-state index contributed by atoms with van der Waals surface area (Å²) in [6.07, 6.45) is -4.56. The van der Waals surface area contributed by atoms with Gasteiger partial charge in [-0.15, -0.1) is 0 Å². The summed E-state index contributed by atoms with van der Waals surface area (Å²) in [5.74, 6) is 0. The minimum absolute atomic E-state index is 0.119. The molecule has 0 aliphatic carbocycles. The summed E-state index contributed by atoms with van der Waals surface area (Å²) < 4.78 is 86.8. The van der Waals surface area contributed by atoms with Crippen molar-refractivity contribution in [2.45, 2.75) is 28.9 Å². The number of hydrogen-bond donors (Lipinski definition) is 1. The van der Waals surface area contributed by atoms with E-state index in [0.29, 0.717) is 17.7 Å². The van der Waals surface area contributed by atoms with Crippen molar-refractivity contribution in [2.75, 3.05) is 7.05 Å². The summed E-state index contributed by atoms with van der Waals surface area (Å²) in [7, 11) is -6.66. The van der Waals surface area contributed by atoms with Crippen LogP contribution in [0.2, 0.25) is 0 Å². The van der Waals surface area contributed by atoms with Gasteiger partial charge >= 0.3 is 6.18 Å². The molecule has 0 saturated heterocycles. The van der Waals surface area contributed by atoms with Gasteiger partial charge in [-0.25, -0.2) is 22.0 Å². The Kier molecular flexibility index (Phi) is 5.71. The Labute approximate surface area is 155 Å². The van der Waals surface area contributed by atoms with Gasteiger partial charge in [-0.05, 0) is 48.9 Å². The first kappa shape index (κ1) is 21.4. The van der Waals surface area contributed by atoms with Crippen LogP contribution in [0.25, 0.3) is 0 Å². The monoisotopic (exact) mass is 422 g/mol. The zero-order chi connectivity index (χ0) is 20.6. The molecule has 6 nitrogen and oxygen atoms in total. The van der Waals surface area contributed by atoms with E-state index in [1.54, 1.807) is 6.92 Å². The molecule has 0 spiro atoms. The molecule has 0 heterocycles. The SMILES string of the molecule is CC(c1ccc(S(N)(=O)=O)cc1)N(C)S(=O)(=O)c1ccc(C(F)(F)F)cc1. The van der Waals surface area contributed by atoms with E-state index in [2.05, 4.69) is 0 Å². The van der Waals surface area contributed by atoms with Gasteiger partial charge in [-0.1, -0.05) is 12.1 Å². The maximum Gasteiger partial charge on any atom is 0.416 e. The highest BCUT2D eigenvalue weighted by Gasteiger charge is 2.32. The molecule has 0 fully saturated rings. The molecule has 2 rings (SSSR count). The van der Waals surface area contributed by atoms with Gasteiger partial charge in [0.05, 0.1) is 15.4 Å². The van der Waals surface area contributed by atoms with Gasteiger partial charge in [0.2, 0.25) is 20.0 Å². The van der Waals surface area contributed by atoms with Crippen LogP contribution in [0.4, 0.5) is 13.2 Å². The van der Waals surface area contributed by atoms with Gasteiger partial charge in [-0.2, -0.15) is 17.5 Å². The Morgan fingerprint density at radius 1 is 0.889 bits per heavy atom. The Morgan fingerprint density at radius 3 is 1.74 bits per heavy atom. The molecule has 0 saturated carbocycles. The largest absolute Gasteiger partial charge is 0.416 e. The number of hydrogen-bond acceptors (Lipinski definition) is 4. The van der Waals surface area contributed by atoms with Crippen LogP contribution in [0.5, 0.6) is 0 Å². The van der Waals surface area contributed by atoms with Crippen LogP contribution < -0.4 is 5.14 Å². The lowest BCUT2D eigenvalue weighted by atomic mass is 10.1. The molecule has 0 radical (unpaired) electrons. The summed E-state index contributed by atoms with van der Waals surface area (Å²) in [5.41, 5.74) is -0.462. The number of sulfonamides is 2. The van der Waals surface area contributed by atoms with E-state index in [9.17, 15) is 30.0 Å². The molecule has 2 aromatic carbocycles. The molecule has 0 bridgehead atoms. The number of nitrogens with two attached hydrogens (primary N) is 1. The van der Waals surface area contributed by atoms with E-state index < -0.39 is 37.8 Å². The molecule has 1 unspecified atom stereocenters. The van der Waals surface area contributed by atoms with Crippen molar-refractivity contribution in [1.29, 1.82) is 0 Å². The summed E-state index contributed by atoms with van der Waals surface area (Å²) >= 11 is 0. The molecule has 1 atom stereocenters. The fourth-order valence-corrected chi connectivity index (χ4v) is 4.20. The van der Waals surface area contributed by atoms with Crippen LogP contribution in [0.3, 0.4) is 0 Å². The first-order valence-electron chi connectivity index (χ1n) is 7.52. The molecular formula is C16H17F3N2O4S2. The van der Waals surface area contributed by atoms with E-state index >= 15 is 0 Å². The predicted molar refractivity (Wildman–Crippen MR) is 92.6 cm³/mol. The fourth-order valence-electron chi connectivity index (χ4n) is 2.34. The van der Waals surface area contributed by atoms with Crippen LogP contribution in [0.1, 0.15) is 24.1 Å². The highest BCUT2D eigenvalue weighted by atomic mass is 32.2. The summed E-state index contributed by atoms with van der Waals surface area (Å²) in [6.45, 7) is 1.56. The van der Waals surface area contributed by atoms with Crippen molar-refractivity contribution >= 4 is 20.0 Å². The van der Waals surface area contributed by atoms with Crippen molar-refractivity contribution in [1.82, 2.24) is 4.31 Å². The maximum absolute atomic E-state index is 12.7. The van der Waals surface area contributed by atoms with Crippen molar-refractivity contribution < 1.29 is 30.0 Å². The zero-order valence-corrected chi connectivity index (χ0v) is 15.9. The maximum atomic E-state index is 12.7. The summed E-state index contributed by atoms with van der Waals surface area (Å²) in [6, 6.07) is 7.83. The topological polar surface area (TPSA) is 97.5 Å². The highest BCUT2D eigenvalue weighted by molar-refractivity contribution is 7.89. The fraction of sp³-hybridized carbons (Fsp3) is 0.250. The molecule has 148 valence electrons. The number of rotatable bonds is 5. The first-order chi connectivity index (χ1) is 12.2. The normalized spacial score (nSPS) is 14.3. The van der Waals surface area contributed by atoms with Gasteiger partial charge in [0.15, 0.2) is 0 Å². The van der Waals surface area contributed by atoms with Crippen molar-refractivity contribution in [3.8, 4) is 0 Å². The van der Waals surface area contributed by atoms with Crippen molar-refractivity contribution in [3.05, 3.63) is 59.7 Å². The third-order valence-electron chi connectivity index (χ3n) is 4.10. The third kappa shape index (κ3) is 4.67. The Hall–Kier alpha value is -1.95. The molecule has 2 N–H and O–H groups in total. The van der Waals surface area contributed by atoms with Crippen LogP contribution in [0.15, 0.2) is 58.3 Å². The molecule has 2 aromatic rings. The second-order valence-electron chi connectivity index (χ2n) is 5.83. The first-order valence-corrected chi connectivity index (χ1v) is 10.5. The Bertz CT molecular complexity index is 1020. The average molecular weight is 422 g/mol. The molecule has 0 aliphatic heterocycles. The number of halogens is 3. The second kappa shape index (κ2) is 7.23. The lowest BCUT2D eigenvalue weighted by Gasteiger charge is -2.25. The van der Waals surface area contributed by atoms with Crippen LogP contribution >= 0.6 is 0 Å². The quantitative estimate of drug-likeness (QED) is 0.801. The summed E-state index contributed by atoms with van der Waals surface area (Å²) in [5, 5.41) is 5.02. The smallest absolute Gasteiger partial charge is 0.225 e. The number of nitrogens with zero attached hydrogens (tertiary/aromatic N) is 1. The van der Waals surface area contributed by atoms with Crippen LogP contribution in [-0.2, 0) is 26.2 Å². The Morgan fingerprint density at radius 2 is 1.33 bits per heavy atom. The molecule has 27 heavy (non-hydrogen) atoms. The Balaban J connectivity index is 2.30. The van der Waals surface area contributed by atoms with Gasteiger partial charge in [0, 0.05) is 13.1 Å². The highest BCUT2D eigenvalue weighted by Crippen LogP contribution is 2.31. The van der Waals surface area contributed by atoms with E-state index in [1.807, 2.05) is 0 Å². The number of benzene rings is 2. The number of alkyl halides is 3. The minimum atomic E-state index is -4.56. The van der Waals surface area contributed by atoms with E-state index in [1.165, 1.54) is 31.3 Å². The average Bonchev–Trinajstić information content (AvgIpc) is 2.59. The van der Waals surface area contributed by atoms with E-state index in [4.69, 9.17) is 5.14 Å². The molecule has 0 amide bonds.